The molecule has 0 aliphatic carbocycles. The Morgan fingerprint density at radius 1 is 1.44 bits per heavy atom. The summed E-state index contributed by atoms with van der Waals surface area (Å²) in [5, 5.41) is 19.3. The molecule has 0 bridgehead atoms. The summed E-state index contributed by atoms with van der Waals surface area (Å²) in [7, 11) is 1.44. The second-order valence-corrected chi connectivity index (χ2v) is 3.26. The third-order valence-corrected chi connectivity index (χ3v) is 2.17. The number of benzene rings is 1. The number of hydrogen-bond donors (Lipinski definition) is 3. The van der Waals surface area contributed by atoms with Gasteiger partial charge in [-0.1, -0.05) is 0 Å². The SMILES string of the molecule is CCOc1cc(C(O)CN)cc(O)c1OC. The number of nitrogens with two attached hydrogens (primary N) is 1. The first-order valence-corrected chi connectivity index (χ1v) is 5.05. The van der Waals surface area contributed by atoms with Crippen LogP contribution in [0, 0.1) is 0 Å². The summed E-state index contributed by atoms with van der Waals surface area (Å²) in [5.41, 5.74) is 5.85. The third kappa shape index (κ3) is 2.56. The van der Waals surface area contributed by atoms with E-state index in [1.54, 1.807) is 6.07 Å². The Morgan fingerprint density at radius 3 is 2.62 bits per heavy atom. The number of phenols is 1. The van der Waals surface area contributed by atoms with Crippen molar-refractivity contribution >= 4 is 0 Å². The Kier molecular flexibility index (Phi) is 4.39. The van der Waals surface area contributed by atoms with Crippen LogP contribution in [0.5, 0.6) is 17.2 Å². The van der Waals surface area contributed by atoms with Gasteiger partial charge in [0.1, 0.15) is 0 Å². The number of methoxy groups -OCH3 is 1. The monoisotopic (exact) mass is 227 g/mol. The van der Waals surface area contributed by atoms with Crippen LogP contribution in [0.25, 0.3) is 0 Å². The van der Waals surface area contributed by atoms with Crippen molar-refractivity contribution in [3.8, 4) is 17.2 Å². The summed E-state index contributed by atoms with van der Waals surface area (Å²) >= 11 is 0. The molecule has 16 heavy (non-hydrogen) atoms. The predicted molar refractivity (Wildman–Crippen MR) is 59.8 cm³/mol. The molecule has 0 amide bonds. The molecule has 0 spiro atoms. The minimum Gasteiger partial charge on any atom is -0.504 e. The first kappa shape index (κ1) is 12.6. The summed E-state index contributed by atoms with van der Waals surface area (Å²) in [4.78, 5) is 0. The van der Waals surface area contributed by atoms with Gasteiger partial charge in [-0.2, -0.15) is 0 Å². The third-order valence-electron chi connectivity index (χ3n) is 2.17. The first-order valence-electron chi connectivity index (χ1n) is 5.05. The average molecular weight is 227 g/mol. The van der Waals surface area contributed by atoms with Crippen molar-refractivity contribution in [1.82, 2.24) is 0 Å². The lowest BCUT2D eigenvalue weighted by atomic mass is 10.1. The standard InChI is InChI=1S/C11H17NO4/c1-3-16-10-5-7(9(14)6-12)4-8(13)11(10)15-2/h4-5,9,13-14H,3,6,12H2,1-2H3. The minimum absolute atomic E-state index is 0.0732. The topological polar surface area (TPSA) is 84.9 Å². The summed E-state index contributed by atoms with van der Waals surface area (Å²) < 4.78 is 10.3. The van der Waals surface area contributed by atoms with Gasteiger partial charge in [0, 0.05) is 6.54 Å². The molecule has 0 saturated heterocycles. The Hall–Kier alpha value is -1.46. The van der Waals surface area contributed by atoms with Gasteiger partial charge in [0.25, 0.3) is 0 Å². The van der Waals surface area contributed by atoms with Crippen molar-refractivity contribution in [3.63, 3.8) is 0 Å². The van der Waals surface area contributed by atoms with E-state index in [1.807, 2.05) is 6.92 Å². The molecule has 1 aromatic rings. The van der Waals surface area contributed by atoms with Crippen molar-refractivity contribution in [3.05, 3.63) is 17.7 Å². The molecule has 0 aliphatic rings. The molecule has 0 aromatic heterocycles. The number of rotatable bonds is 5. The molecular weight excluding hydrogens is 210 g/mol. The molecule has 90 valence electrons. The van der Waals surface area contributed by atoms with Crippen molar-refractivity contribution in [1.29, 1.82) is 0 Å². The summed E-state index contributed by atoms with van der Waals surface area (Å²) in [6, 6.07) is 3.03. The molecule has 0 aliphatic heterocycles. The lowest BCUT2D eigenvalue weighted by molar-refractivity contribution is 0.185. The molecule has 0 heterocycles. The number of ether oxygens (including phenoxy) is 2. The van der Waals surface area contributed by atoms with E-state index in [-0.39, 0.29) is 18.0 Å². The number of aromatic hydroxyl groups is 1. The van der Waals surface area contributed by atoms with Crippen molar-refractivity contribution in [2.45, 2.75) is 13.0 Å². The first-order chi connectivity index (χ1) is 7.63. The Balaban J connectivity index is 3.16. The number of aliphatic hydroxyl groups excluding tert-OH is 1. The summed E-state index contributed by atoms with van der Waals surface area (Å²) in [6.45, 7) is 2.35. The lowest BCUT2D eigenvalue weighted by Crippen LogP contribution is -2.11. The van der Waals surface area contributed by atoms with Crippen LogP contribution >= 0.6 is 0 Å². The molecule has 5 nitrogen and oxygen atoms in total. The van der Waals surface area contributed by atoms with E-state index >= 15 is 0 Å². The van der Waals surface area contributed by atoms with E-state index in [0.29, 0.717) is 17.9 Å². The van der Waals surface area contributed by atoms with E-state index in [4.69, 9.17) is 15.2 Å². The largest absolute Gasteiger partial charge is 0.504 e. The van der Waals surface area contributed by atoms with E-state index < -0.39 is 6.10 Å². The fourth-order valence-electron chi connectivity index (χ4n) is 1.40. The van der Waals surface area contributed by atoms with Crippen LogP contribution in [0.1, 0.15) is 18.6 Å². The zero-order chi connectivity index (χ0) is 12.1. The molecule has 0 radical (unpaired) electrons. The fourth-order valence-corrected chi connectivity index (χ4v) is 1.40. The minimum atomic E-state index is -0.823. The molecule has 1 aromatic carbocycles. The average Bonchev–Trinajstić information content (AvgIpc) is 2.28. The fraction of sp³-hybridized carbons (Fsp3) is 0.455. The Bertz CT molecular complexity index is 354. The van der Waals surface area contributed by atoms with E-state index in [9.17, 15) is 10.2 Å². The second-order valence-electron chi connectivity index (χ2n) is 3.26. The van der Waals surface area contributed by atoms with Gasteiger partial charge in [0.2, 0.25) is 5.75 Å². The smallest absolute Gasteiger partial charge is 0.203 e. The quantitative estimate of drug-likeness (QED) is 0.692. The molecular formula is C11H17NO4. The van der Waals surface area contributed by atoms with Gasteiger partial charge in [-0.3, -0.25) is 0 Å². The van der Waals surface area contributed by atoms with Crippen LogP contribution in [0.15, 0.2) is 12.1 Å². The normalized spacial score (nSPS) is 12.2. The highest BCUT2D eigenvalue weighted by Crippen LogP contribution is 2.38. The number of hydrogen-bond acceptors (Lipinski definition) is 5. The van der Waals surface area contributed by atoms with Crippen LogP contribution in [-0.4, -0.2) is 30.5 Å². The highest BCUT2D eigenvalue weighted by molar-refractivity contribution is 5.53. The van der Waals surface area contributed by atoms with Crippen LogP contribution in [-0.2, 0) is 0 Å². The maximum absolute atomic E-state index is 9.69. The molecule has 5 heteroatoms. The molecule has 0 fully saturated rings. The van der Waals surface area contributed by atoms with E-state index in [0.717, 1.165) is 0 Å². The van der Waals surface area contributed by atoms with Crippen molar-refractivity contribution < 1.29 is 19.7 Å². The molecule has 1 rings (SSSR count). The van der Waals surface area contributed by atoms with E-state index in [2.05, 4.69) is 0 Å². The van der Waals surface area contributed by atoms with Crippen LogP contribution in [0.3, 0.4) is 0 Å². The van der Waals surface area contributed by atoms with Gasteiger partial charge in [-0.25, -0.2) is 0 Å². The van der Waals surface area contributed by atoms with Gasteiger partial charge < -0.3 is 25.4 Å². The van der Waals surface area contributed by atoms with Crippen molar-refractivity contribution in [2.75, 3.05) is 20.3 Å². The highest BCUT2D eigenvalue weighted by Gasteiger charge is 2.15. The Labute approximate surface area is 94.4 Å². The zero-order valence-corrected chi connectivity index (χ0v) is 9.43. The Morgan fingerprint density at radius 2 is 2.12 bits per heavy atom. The van der Waals surface area contributed by atoms with Crippen LogP contribution in [0.2, 0.25) is 0 Å². The van der Waals surface area contributed by atoms with Gasteiger partial charge in [-0.05, 0) is 24.6 Å². The number of phenolic OH excluding ortho intramolecular Hbond substituents is 1. The predicted octanol–water partition coefficient (Wildman–Crippen LogP) is 0.792. The molecule has 1 atom stereocenters. The summed E-state index contributed by atoms with van der Waals surface area (Å²) in [6.07, 6.45) is -0.823. The van der Waals surface area contributed by atoms with Gasteiger partial charge in [0.05, 0.1) is 19.8 Å². The van der Waals surface area contributed by atoms with Crippen LogP contribution < -0.4 is 15.2 Å². The second kappa shape index (κ2) is 5.58. The van der Waals surface area contributed by atoms with Gasteiger partial charge in [0.15, 0.2) is 11.5 Å². The molecule has 0 saturated carbocycles. The molecule has 1 unspecified atom stereocenters. The van der Waals surface area contributed by atoms with Gasteiger partial charge in [-0.15, -0.1) is 0 Å². The van der Waals surface area contributed by atoms with Crippen molar-refractivity contribution in [2.24, 2.45) is 5.73 Å². The maximum Gasteiger partial charge on any atom is 0.203 e. The molecule has 4 N–H and O–H groups in total. The number of aliphatic hydroxyl groups is 1. The highest BCUT2D eigenvalue weighted by atomic mass is 16.5. The zero-order valence-electron chi connectivity index (χ0n) is 9.43. The van der Waals surface area contributed by atoms with Gasteiger partial charge >= 0.3 is 0 Å². The van der Waals surface area contributed by atoms with E-state index in [1.165, 1.54) is 13.2 Å². The lowest BCUT2D eigenvalue weighted by Gasteiger charge is -2.15. The summed E-state index contributed by atoms with van der Waals surface area (Å²) in [5.74, 6) is 0.582. The maximum atomic E-state index is 9.69. The van der Waals surface area contributed by atoms with Crippen LogP contribution in [0.4, 0.5) is 0 Å².